The zero-order valence-corrected chi connectivity index (χ0v) is 17.0. The molecule has 1 N–H and O–H groups in total. The second-order valence-electron chi connectivity index (χ2n) is 9.73. The van der Waals surface area contributed by atoms with Crippen LogP contribution in [0.4, 0.5) is 0 Å². The highest BCUT2D eigenvalue weighted by Crippen LogP contribution is 2.58. The van der Waals surface area contributed by atoms with Crippen LogP contribution in [0.25, 0.3) is 0 Å². The van der Waals surface area contributed by atoms with Crippen molar-refractivity contribution in [2.24, 2.45) is 21.1 Å². The number of nitrogens with zero attached hydrogens (tertiary/aromatic N) is 3. The lowest BCUT2D eigenvalue weighted by molar-refractivity contribution is -0.119. The molecule has 1 fully saturated rings. The first-order chi connectivity index (χ1) is 13.4. The van der Waals surface area contributed by atoms with Gasteiger partial charge >= 0.3 is 0 Å². The van der Waals surface area contributed by atoms with E-state index in [1.807, 2.05) is 12.4 Å². The standard InChI is InChI=1S/C23H28N4O/c1-14-12-24-9-6-16(14)15-4-7-23(8-5-15)17-13-25-27-21(17)26-18-10-22(2,3)11-19(28)20(18)23/h6,9,12,15,26H,4-5,7-8,10-11,13H2,1-3H3. The molecule has 1 saturated carbocycles. The summed E-state index contributed by atoms with van der Waals surface area (Å²) in [6.07, 6.45) is 9.62. The fourth-order valence-electron chi connectivity index (χ4n) is 5.98. The Morgan fingerprint density at radius 2 is 1.96 bits per heavy atom. The summed E-state index contributed by atoms with van der Waals surface area (Å²) in [4.78, 5) is 17.6. The summed E-state index contributed by atoms with van der Waals surface area (Å²) in [7, 11) is 0. The summed E-state index contributed by atoms with van der Waals surface area (Å²) < 4.78 is 0. The number of hydrogen-bond donors (Lipinski definition) is 1. The van der Waals surface area contributed by atoms with Gasteiger partial charge in [0, 0.05) is 41.1 Å². The summed E-state index contributed by atoms with van der Waals surface area (Å²) >= 11 is 0. The first-order valence-corrected chi connectivity index (χ1v) is 10.5. The van der Waals surface area contributed by atoms with Crippen molar-refractivity contribution in [1.29, 1.82) is 0 Å². The van der Waals surface area contributed by atoms with Gasteiger partial charge in [-0.05, 0) is 67.6 Å². The Bertz CT molecular complexity index is 945. The molecule has 5 heteroatoms. The summed E-state index contributed by atoms with van der Waals surface area (Å²) in [6.45, 7) is 7.16. The average molecular weight is 377 g/mol. The van der Waals surface area contributed by atoms with Crippen LogP contribution >= 0.6 is 0 Å². The van der Waals surface area contributed by atoms with Crippen molar-refractivity contribution in [2.75, 3.05) is 6.54 Å². The lowest BCUT2D eigenvalue weighted by atomic mass is 9.56. The zero-order chi connectivity index (χ0) is 19.5. The summed E-state index contributed by atoms with van der Waals surface area (Å²) in [5, 5.41) is 12.2. The maximum atomic E-state index is 13.3. The molecule has 0 radical (unpaired) electrons. The lowest BCUT2D eigenvalue weighted by Crippen LogP contribution is -2.45. The van der Waals surface area contributed by atoms with Gasteiger partial charge in [-0.3, -0.25) is 9.78 Å². The molecule has 5 rings (SSSR count). The fraction of sp³-hybridized carbons (Fsp3) is 0.565. The number of pyridine rings is 1. The number of rotatable bonds is 1. The molecule has 0 amide bonds. The second-order valence-corrected chi connectivity index (χ2v) is 9.73. The maximum Gasteiger partial charge on any atom is 0.162 e. The number of Topliss-reactive ketones (excluding diaryl/α,β-unsaturated/α-hetero) is 1. The first kappa shape index (κ1) is 17.8. The van der Waals surface area contributed by atoms with E-state index in [9.17, 15) is 4.79 Å². The molecule has 2 aliphatic heterocycles. The molecule has 3 heterocycles. The number of dihydropyridines is 1. The molecule has 0 aromatic carbocycles. The van der Waals surface area contributed by atoms with E-state index in [0.29, 0.717) is 24.7 Å². The van der Waals surface area contributed by atoms with E-state index in [0.717, 1.165) is 49.2 Å². The van der Waals surface area contributed by atoms with Gasteiger partial charge < -0.3 is 5.32 Å². The van der Waals surface area contributed by atoms with Crippen LogP contribution < -0.4 is 5.32 Å². The Labute approximate surface area is 166 Å². The number of nitrogens with one attached hydrogen (secondary N) is 1. The highest BCUT2D eigenvalue weighted by atomic mass is 16.1. The Morgan fingerprint density at radius 1 is 1.18 bits per heavy atom. The number of carbonyl (C=O) groups excluding carboxylic acids is 1. The van der Waals surface area contributed by atoms with Gasteiger partial charge in [-0.2, -0.15) is 5.11 Å². The zero-order valence-electron chi connectivity index (χ0n) is 17.0. The first-order valence-electron chi connectivity index (χ1n) is 10.5. The minimum atomic E-state index is -0.162. The highest BCUT2D eigenvalue weighted by molar-refractivity contribution is 6.00. The normalized spacial score (nSPS) is 31.1. The molecule has 1 aromatic rings. The van der Waals surface area contributed by atoms with Crippen molar-refractivity contribution in [1.82, 2.24) is 10.3 Å². The Balaban J connectivity index is 1.52. The van der Waals surface area contributed by atoms with Gasteiger partial charge in [-0.25, -0.2) is 0 Å². The lowest BCUT2D eigenvalue weighted by Gasteiger charge is -2.48. The van der Waals surface area contributed by atoms with Gasteiger partial charge in [0.25, 0.3) is 0 Å². The maximum absolute atomic E-state index is 13.3. The van der Waals surface area contributed by atoms with Crippen LogP contribution in [-0.2, 0) is 4.79 Å². The molecule has 28 heavy (non-hydrogen) atoms. The molecular formula is C23H28N4O. The van der Waals surface area contributed by atoms with Crippen LogP contribution in [0.2, 0.25) is 0 Å². The minimum absolute atomic E-state index is 0.00324. The van der Waals surface area contributed by atoms with Crippen LogP contribution in [0.3, 0.4) is 0 Å². The molecule has 2 aliphatic carbocycles. The molecule has 1 spiro atoms. The van der Waals surface area contributed by atoms with E-state index in [1.54, 1.807) is 0 Å². The molecule has 4 aliphatic rings. The molecule has 0 saturated heterocycles. The number of carbonyl (C=O) groups is 1. The average Bonchev–Trinajstić information content (AvgIpc) is 3.11. The third-order valence-corrected chi connectivity index (χ3v) is 7.23. The number of azo groups is 1. The Hall–Kier alpha value is -2.30. The van der Waals surface area contributed by atoms with E-state index < -0.39 is 0 Å². The van der Waals surface area contributed by atoms with Crippen LogP contribution in [0, 0.1) is 17.8 Å². The Kier molecular flexibility index (Phi) is 3.87. The summed E-state index contributed by atoms with van der Waals surface area (Å²) in [5.41, 5.74) is 5.95. The third kappa shape index (κ3) is 2.59. The largest absolute Gasteiger partial charge is 0.342 e. The number of fused-ring (bicyclic) bond motifs is 2. The molecule has 0 unspecified atom stereocenters. The number of aromatic nitrogens is 1. The number of allylic oxidation sites excluding steroid dienone is 2. The molecular weight excluding hydrogens is 348 g/mol. The van der Waals surface area contributed by atoms with Crippen LogP contribution in [-0.4, -0.2) is 17.3 Å². The molecule has 146 valence electrons. The van der Waals surface area contributed by atoms with E-state index in [4.69, 9.17) is 0 Å². The van der Waals surface area contributed by atoms with E-state index >= 15 is 0 Å². The molecule has 0 bridgehead atoms. The minimum Gasteiger partial charge on any atom is -0.342 e. The number of ketones is 1. The van der Waals surface area contributed by atoms with Gasteiger partial charge in [-0.15, -0.1) is 5.11 Å². The van der Waals surface area contributed by atoms with Crippen LogP contribution in [0.5, 0.6) is 0 Å². The number of aryl methyl sites for hydroxylation is 1. The monoisotopic (exact) mass is 376 g/mol. The van der Waals surface area contributed by atoms with Gasteiger partial charge in [0.2, 0.25) is 0 Å². The third-order valence-electron chi connectivity index (χ3n) is 7.23. The van der Waals surface area contributed by atoms with E-state index in [1.165, 1.54) is 16.7 Å². The summed E-state index contributed by atoms with van der Waals surface area (Å²) in [5.74, 6) is 1.79. The van der Waals surface area contributed by atoms with Crippen molar-refractivity contribution < 1.29 is 4.79 Å². The van der Waals surface area contributed by atoms with Gasteiger partial charge in [0.1, 0.15) is 0 Å². The van der Waals surface area contributed by atoms with E-state index in [2.05, 4.69) is 47.4 Å². The molecule has 5 nitrogen and oxygen atoms in total. The second kappa shape index (κ2) is 6.10. The number of hydrogen-bond acceptors (Lipinski definition) is 5. The quantitative estimate of drug-likeness (QED) is 0.753. The topological polar surface area (TPSA) is 66.7 Å². The van der Waals surface area contributed by atoms with Crippen molar-refractivity contribution in [3.8, 4) is 0 Å². The Morgan fingerprint density at radius 3 is 2.71 bits per heavy atom. The van der Waals surface area contributed by atoms with Crippen molar-refractivity contribution in [3.05, 3.63) is 52.3 Å². The van der Waals surface area contributed by atoms with Gasteiger partial charge in [0.05, 0.1) is 6.54 Å². The fourth-order valence-corrected chi connectivity index (χ4v) is 5.98. The van der Waals surface area contributed by atoms with Crippen molar-refractivity contribution in [2.45, 2.75) is 65.2 Å². The molecule has 0 atom stereocenters. The van der Waals surface area contributed by atoms with E-state index in [-0.39, 0.29) is 10.8 Å². The van der Waals surface area contributed by atoms with Crippen LogP contribution in [0.1, 0.15) is 69.4 Å². The van der Waals surface area contributed by atoms with Crippen LogP contribution in [0.15, 0.2) is 51.4 Å². The van der Waals surface area contributed by atoms with Crippen molar-refractivity contribution in [3.63, 3.8) is 0 Å². The predicted molar refractivity (Wildman–Crippen MR) is 108 cm³/mol. The predicted octanol–water partition coefficient (Wildman–Crippen LogP) is 4.96. The smallest absolute Gasteiger partial charge is 0.162 e. The van der Waals surface area contributed by atoms with Gasteiger partial charge in [-0.1, -0.05) is 13.8 Å². The highest BCUT2D eigenvalue weighted by Gasteiger charge is 2.52. The van der Waals surface area contributed by atoms with Crippen molar-refractivity contribution >= 4 is 5.78 Å². The summed E-state index contributed by atoms with van der Waals surface area (Å²) in [6, 6.07) is 2.17. The SMILES string of the molecule is Cc1cnccc1C1CCC2(CC1)C1=C(N=NC1)NC1=C2C(=O)CC(C)(C)C1. The molecule has 1 aromatic heterocycles. The van der Waals surface area contributed by atoms with Gasteiger partial charge in [0.15, 0.2) is 11.6 Å².